The van der Waals surface area contributed by atoms with Gasteiger partial charge in [-0.3, -0.25) is 14.0 Å². The van der Waals surface area contributed by atoms with Gasteiger partial charge in [-0.05, 0) is 25.0 Å². The number of carbonyl (C=O) groups is 2. The summed E-state index contributed by atoms with van der Waals surface area (Å²) in [5.41, 5.74) is 7.26. The second-order valence-corrected chi connectivity index (χ2v) is 9.65. The minimum Gasteiger partial charge on any atom is -0.382 e. The van der Waals surface area contributed by atoms with Crippen LogP contribution in [0.3, 0.4) is 0 Å². The van der Waals surface area contributed by atoms with Crippen molar-refractivity contribution in [2.75, 3.05) is 18.8 Å². The third kappa shape index (κ3) is 5.23. The number of imidazole rings is 1. The van der Waals surface area contributed by atoms with E-state index in [-0.39, 0.29) is 35.5 Å². The fourth-order valence-electron chi connectivity index (χ4n) is 5.10. The predicted octanol–water partition coefficient (Wildman–Crippen LogP) is 4.16. The van der Waals surface area contributed by atoms with Crippen LogP contribution in [0.15, 0.2) is 47.9 Å². The topological polar surface area (TPSA) is 118 Å². The smallest absolute Gasteiger partial charge is 0.259 e. The molecule has 0 radical (unpaired) electrons. The van der Waals surface area contributed by atoms with Crippen molar-refractivity contribution >= 4 is 29.0 Å². The first-order valence-corrected chi connectivity index (χ1v) is 12.8. The number of nitrogens with one attached hydrogen (secondary N) is 1. The highest BCUT2D eigenvalue weighted by Crippen LogP contribution is 2.34. The highest BCUT2D eigenvalue weighted by molar-refractivity contribution is 6.07. The minimum atomic E-state index is -2.60. The van der Waals surface area contributed by atoms with Gasteiger partial charge in [0.15, 0.2) is 0 Å². The summed E-state index contributed by atoms with van der Waals surface area (Å²) >= 11 is 0. The molecule has 0 saturated carbocycles. The zero-order chi connectivity index (χ0) is 27.7. The van der Waals surface area contributed by atoms with Crippen molar-refractivity contribution < 1.29 is 22.8 Å². The Morgan fingerprint density at radius 2 is 2.10 bits per heavy atom. The summed E-state index contributed by atoms with van der Waals surface area (Å²) in [4.78, 5) is 39.8. The summed E-state index contributed by atoms with van der Waals surface area (Å²) in [5, 5.41) is 2.43. The molecule has 0 spiro atoms. The van der Waals surface area contributed by atoms with Crippen molar-refractivity contribution in [1.82, 2.24) is 24.6 Å². The van der Waals surface area contributed by atoms with Crippen molar-refractivity contribution in [3.05, 3.63) is 60.1 Å². The Balaban J connectivity index is 1.44. The van der Waals surface area contributed by atoms with Gasteiger partial charge >= 0.3 is 0 Å². The van der Waals surface area contributed by atoms with Gasteiger partial charge in [0.1, 0.15) is 34.5 Å². The molecule has 2 amide bonds. The van der Waals surface area contributed by atoms with E-state index in [0.717, 1.165) is 12.8 Å². The van der Waals surface area contributed by atoms with Gasteiger partial charge in [0.2, 0.25) is 12.3 Å². The molecule has 4 heterocycles. The van der Waals surface area contributed by atoms with Crippen LogP contribution in [-0.2, 0) is 4.79 Å². The van der Waals surface area contributed by atoms with Gasteiger partial charge in [-0.2, -0.15) is 0 Å². The molecule has 204 valence electrons. The van der Waals surface area contributed by atoms with Crippen LogP contribution in [0.25, 0.3) is 16.8 Å². The molecule has 2 aliphatic heterocycles. The van der Waals surface area contributed by atoms with E-state index in [1.807, 2.05) is 16.2 Å². The number of nitrogen functional groups attached to an aromatic ring is 1. The first kappa shape index (κ1) is 26.4. The Hall–Kier alpha value is -4.22. The van der Waals surface area contributed by atoms with Gasteiger partial charge < -0.3 is 16.0 Å². The molecule has 5 rings (SSSR count). The van der Waals surface area contributed by atoms with Gasteiger partial charge in [-0.25, -0.2) is 28.1 Å². The lowest BCUT2D eigenvalue weighted by molar-refractivity contribution is -0.132. The summed E-state index contributed by atoms with van der Waals surface area (Å²) in [6.45, 7) is 3.05. The minimum absolute atomic E-state index is 0.0444. The molecule has 3 N–H and O–H groups in total. The zero-order valence-corrected chi connectivity index (χ0v) is 21.3. The van der Waals surface area contributed by atoms with Gasteiger partial charge in [-0.1, -0.05) is 19.1 Å². The van der Waals surface area contributed by atoms with Gasteiger partial charge in [-0.15, -0.1) is 0 Å². The van der Waals surface area contributed by atoms with E-state index in [0.29, 0.717) is 42.1 Å². The Morgan fingerprint density at radius 1 is 1.28 bits per heavy atom. The van der Waals surface area contributed by atoms with E-state index in [2.05, 4.69) is 15.3 Å². The number of allylic oxidation sites excluding steroid dienone is 1. The Kier molecular flexibility index (Phi) is 7.36. The molecular weight excluding hydrogens is 511 g/mol. The SMILES string of the molecule is CCC(=O)N1CCC[C@@H](c2nc(-c3ccc(C(=O)NC4=NC=CC(C(F)F)C4)c(F)c3)c3c(N)nccn23)C1. The molecule has 1 fully saturated rings. The van der Waals surface area contributed by atoms with Crippen LogP contribution in [-0.4, -0.2) is 56.4 Å². The molecule has 2 aliphatic rings. The maximum atomic E-state index is 15.2. The number of nitrogens with two attached hydrogens (primary N) is 1. The number of amidine groups is 1. The number of amides is 2. The molecular formula is C27H28F3N7O2. The van der Waals surface area contributed by atoms with E-state index < -0.39 is 24.1 Å². The van der Waals surface area contributed by atoms with Crippen LogP contribution in [0.1, 0.15) is 54.7 Å². The average molecular weight is 540 g/mol. The highest BCUT2D eigenvalue weighted by Gasteiger charge is 2.29. The number of aromatic nitrogens is 3. The van der Waals surface area contributed by atoms with Crippen LogP contribution in [0.4, 0.5) is 19.0 Å². The largest absolute Gasteiger partial charge is 0.382 e. The lowest BCUT2D eigenvalue weighted by Crippen LogP contribution is -2.39. The second kappa shape index (κ2) is 10.9. The van der Waals surface area contributed by atoms with Gasteiger partial charge in [0, 0.05) is 61.9 Å². The number of halogens is 3. The number of piperidine rings is 1. The number of alkyl halides is 2. The molecule has 9 nitrogen and oxygen atoms in total. The molecule has 3 aromatic rings. The number of rotatable bonds is 5. The molecule has 0 bridgehead atoms. The number of nitrogens with zero attached hydrogens (tertiary/aromatic N) is 5. The van der Waals surface area contributed by atoms with Crippen LogP contribution >= 0.6 is 0 Å². The molecule has 39 heavy (non-hydrogen) atoms. The Morgan fingerprint density at radius 3 is 2.85 bits per heavy atom. The quantitative estimate of drug-likeness (QED) is 0.505. The number of benzene rings is 1. The van der Waals surface area contributed by atoms with Crippen molar-refractivity contribution in [3.63, 3.8) is 0 Å². The summed E-state index contributed by atoms with van der Waals surface area (Å²) < 4.78 is 43.1. The first-order valence-electron chi connectivity index (χ1n) is 12.8. The van der Waals surface area contributed by atoms with Crippen molar-refractivity contribution in [2.24, 2.45) is 10.9 Å². The number of anilines is 1. The molecule has 2 atom stereocenters. The molecule has 1 aromatic carbocycles. The van der Waals surface area contributed by atoms with Crippen molar-refractivity contribution in [2.45, 2.75) is 45.0 Å². The predicted molar refractivity (Wildman–Crippen MR) is 140 cm³/mol. The summed E-state index contributed by atoms with van der Waals surface area (Å²) in [6.07, 6.45) is 5.11. The standard InChI is InChI=1S/C27H28F3N7O2/c1-2-21(38)36-10-3-4-17(14-36)26-35-22(23-25(31)33-9-11-37(23)26)15-5-6-18(19(28)12-15)27(39)34-20-13-16(24(29)30)7-8-32-20/h5-9,11-12,16-17,24H,2-4,10,13-14H2,1H3,(H2,31,33)(H,32,34,39)/t16?,17-/m1/s1. The molecule has 12 heteroatoms. The third-order valence-electron chi connectivity index (χ3n) is 7.11. The monoisotopic (exact) mass is 539 g/mol. The fraction of sp³-hybridized carbons (Fsp3) is 0.370. The molecule has 1 saturated heterocycles. The number of fused-ring (bicyclic) bond motifs is 1. The van der Waals surface area contributed by atoms with Gasteiger partial charge in [0.25, 0.3) is 5.91 Å². The van der Waals surface area contributed by atoms with Crippen molar-refractivity contribution in [1.29, 1.82) is 0 Å². The number of hydrogen-bond acceptors (Lipinski definition) is 6. The van der Waals surface area contributed by atoms with Crippen molar-refractivity contribution in [3.8, 4) is 11.3 Å². The fourth-order valence-corrected chi connectivity index (χ4v) is 5.10. The van der Waals surface area contributed by atoms with Gasteiger partial charge in [0.05, 0.1) is 5.56 Å². The first-order chi connectivity index (χ1) is 18.8. The van der Waals surface area contributed by atoms with Crippen LogP contribution in [0.5, 0.6) is 0 Å². The Labute approximate surface area is 222 Å². The number of carbonyl (C=O) groups excluding carboxylic acids is 2. The molecule has 2 aromatic heterocycles. The van der Waals surface area contributed by atoms with E-state index in [1.54, 1.807) is 18.5 Å². The maximum Gasteiger partial charge on any atom is 0.259 e. The molecule has 0 aliphatic carbocycles. The normalized spacial score (nSPS) is 19.4. The second-order valence-electron chi connectivity index (χ2n) is 9.65. The number of hydrogen-bond donors (Lipinski definition) is 2. The van der Waals surface area contributed by atoms with Crippen LogP contribution in [0, 0.1) is 11.7 Å². The van der Waals surface area contributed by atoms with Crippen LogP contribution < -0.4 is 11.1 Å². The number of aliphatic imine (C=N–C) groups is 1. The van der Waals surface area contributed by atoms with E-state index in [9.17, 15) is 18.4 Å². The summed E-state index contributed by atoms with van der Waals surface area (Å²) in [7, 11) is 0. The lowest BCUT2D eigenvalue weighted by Gasteiger charge is -2.32. The maximum absolute atomic E-state index is 15.2. The summed E-state index contributed by atoms with van der Waals surface area (Å²) in [6, 6.07) is 4.05. The summed E-state index contributed by atoms with van der Waals surface area (Å²) in [5.74, 6) is -1.69. The molecule has 1 unspecified atom stereocenters. The highest BCUT2D eigenvalue weighted by atomic mass is 19.3. The van der Waals surface area contributed by atoms with Crippen LogP contribution in [0.2, 0.25) is 0 Å². The van der Waals surface area contributed by atoms with E-state index >= 15 is 4.39 Å². The average Bonchev–Trinajstić information content (AvgIpc) is 3.34. The zero-order valence-electron chi connectivity index (χ0n) is 21.3. The lowest BCUT2D eigenvalue weighted by atomic mass is 9.97. The third-order valence-corrected chi connectivity index (χ3v) is 7.11. The van der Waals surface area contributed by atoms with E-state index in [1.165, 1.54) is 24.4 Å². The number of likely N-dealkylation sites (tertiary alicyclic amines) is 1. The Bertz CT molecular complexity index is 1480. The van der Waals surface area contributed by atoms with E-state index in [4.69, 9.17) is 10.7 Å².